The van der Waals surface area contributed by atoms with E-state index in [0.717, 1.165) is 16.9 Å². The molecule has 1 aromatic heterocycles. The van der Waals surface area contributed by atoms with Crippen LogP contribution in [0.15, 0.2) is 60.8 Å². The summed E-state index contributed by atoms with van der Waals surface area (Å²) in [5.74, 6) is -0.953. The number of carbonyl (C=O) groups is 2. The Morgan fingerprint density at radius 1 is 1.21 bits per heavy atom. The molecule has 0 radical (unpaired) electrons. The lowest BCUT2D eigenvalue weighted by Gasteiger charge is -2.28. The number of nitrogens with zero attached hydrogens (tertiary/aromatic N) is 5. The predicted octanol–water partition coefficient (Wildman–Crippen LogP) is 3.44. The Labute approximate surface area is 231 Å². The molecule has 0 aliphatic carbocycles. The van der Waals surface area contributed by atoms with Crippen LogP contribution in [0.2, 0.25) is 5.02 Å². The first kappa shape index (κ1) is 26.9. The number of amides is 2. The zero-order valence-electron chi connectivity index (χ0n) is 21.5. The van der Waals surface area contributed by atoms with Crippen molar-refractivity contribution >= 4 is 35.0 Å². The average Bonchev–Trinajstić information content (AvgIpc) is 3.62. The van der Waals surface area contributed by atoms with Gasteiger partial charge in [0.05, 0.1) is 24.5 Å². The quantitative estimate of drug-likeness (QED) is 0.370. The van der Waals surface area contributed by atoms with Crippen LogP contribution in [0.4, 0.5) is 16.2 Å². The van der Waals surface area contributed by atoms with Gasteiger partial charge in [-0.3, -0.25) is 14.4 Å². The Morgan fingerprint density at radius 3 is 2.72 bits per heavy atom. The zero-order chi connectivity index (χ0) is 27.6. The SMILES string of the molecule is C[C@@H](/C=C/CCn1cc(CCO)nn1)[C@]1(O)C(=O)N(Cc2ccc(N3CCOC3=O)cc2)c2ccc(Cl)cc21. The molecule has 39 heavy (non-hydrogen) atoms. The van der Waals surface area contributed by atoms with Crippen molar-refractivity contribution in [1.82, 2.24) is 15.0 Å². The Morgan fingerprint density at radius 2 is 2.00 bits per heavy atom. The first-order valence-corrected chi connectivity index (χ1v) is 13.2. The normalized spacial score (nSPS) is 19.7. The maximum absolute atomic E-state index is 13.8. The van der Waals surface area contributed by atoms with Crippen LogP contribution in [0.25, 0.3) is 0 Å². The van der Waals surface area contributed by atoms with Crippen molar-refractivity contribution in [1.29, 1.82) is 0 Å². The van der Waals surface area contributed by atoms with Crippen LogP contribution in [-0.2, 0) is 34.6 Å². The van der Waals surface area contributed by atoms with E-state index in [2.05, 4.69) is 10.3 Å². The number of carbonyl (C=O) groups excluding carboxylic acids is 2. The minimum Gasteiger partial charge on any atom is -0.447 e. The molecule has 0 spiro atoms. The van der Waals surface area contributed by atoms with E-state index in [0.29, 0.717) is 48.8 Å². The topological polar surface area (TPSA) is 121 Å². The van der Waals surface area contributed by atoms with Crippen LogP contribution >= 0.6 is 11.6 Å². The van der Waals surface area contributed by atoms with Crippen molar-refractivity contribution in [3.8, 4) is 0 Å². The Balaban J connectivity index is 1.31. The monoisotopic (exact) mass is 551 g/mol. The summed E-state index contributed by atoms with van der Waals surface area (Å²) in [6.45, 7) is 3.51. The number of hydrogen-bond acceptors (Lipinski definition) is 7. The van der Waals surface area contributed by atoms with Gasteiger partial charge in [-0.2, -0.15) is 0 Å². The van der Waals surface area contributed by atoms with Gasteiger partial charge in [0, 0.05) is 48.0 Å². The van der Waals surface area contributed by atoms with Gasteiger partial charge in [-0.15, -0.1) is 5.10 Å². The van der Waals surface area contributed by atoms with Gasteiger partial charge in [-0.25, -0.2) is 4.79 Å². The van der Waals surface area contributed by atoms with Crippen LogP contribution < -0.4 is 9.80 Å². The van der Waals surface area contributed by atoms with Gasteiger partial charge in [0.25, 0.3) is 5.91 Å². The third-order valence-electron chi connectivity index (χ3n) is 7.14. The third-order valence-corrected chi connectivity index (χ3v) is 7.38. The Kier molecular flexibility index (Phi) is 7.69. The molecule has 1 saturated heterocycles. The summed E-state index contributed by atoms with van der Waals surface area (Å²) in [5, 5.41) is 29.4. The molecule has 2 aliphatic heterocycles. The van der Waals surface area contributed by atoms with E-state index in [1.54, 1.807) is 45.8 Å². The van der Waals surface area contributed by atoms with E-state index in [-0.39, 0.29) is 19.2 Å². The number of cyclic esters (lactones) is 1. The predicted molar refractivity (Wildman–Crippen MR) is 145 cm³/mol. The average molecular weight is 552 g/mol. The minimum absolute atomic E-state index is 0.0194. The third kappa shape index (κ3) is 5.27. The first-order valence-electron chi connectivity index (χ1n) is 12.9. The maximum Gasteiger partial charge on any atom is 0.414 e. The summed E-state index contributed by atoms with van der Waals surface area (Å²) in [5.41, 5.74) is 1.60. The number of benzene rings is 2. The highest BCUT2D eigenvalue weighted by Gasteiger charge is 2.52. The summed E-state index contributed by atoms with van der Waals surface area (Å²) in [7, 11) is 0. The fourth-order valence-electron chi connectivity index (χ4n) is 4.99. The van der Waals surface area contributed by atoms with Crippen molar-refractivity contribution < 1.29 is 24.5 Å². The standard InChI is InChI=1S/C28H30ClN5O5/c1-19(4-2-3-12-32-18-22(11-14-35)30-31-32)28(38)24-16-21(29)7-10-25(24)34(26(28)36)17-20-5-8-23(9-6-20)33-13-15-39-27(33)37/h2,4-10,16,18-19,35,38H,3,11-15,17H2,1H3/b4-2+/t19-,28+/m0/s1. The highest BCUT2D eigenvalue weighted by molar-refractivity contribution is 6.31. The second-order valence-corrected chi connectivity index (χ2v) is 10.1. The molecule has 0 saturated carbocycles. The number of ether oxygens (including phenoxy) is 1. The zero-order valence-corrected chi connectivity index (χ0v) is 22.3. The second-order valence-electron chi connectivity index (χ2n) is 9.70. The van der Waals surface area contributed by atoms with Crippen LogP contribution in [-0.4, -0.2) is 57.0 Å². The molecule has 3 heterocycles. The number of aliphatic hydroxyl groups excluding tert-OH is 1. The fraction of sp³-hybridized carbons (Fsp3) is 0.357. The van der Waals surface area contributed by atoms with Gasteiger partial charge in [0.15, 0.2) is 5.60 Å². The number of aliphatic hydroxyl groups is 2. The lowest BCUT2D eigenvalue weighted by molar-refractivity contribution is -0.139. The van der Waals surface area contributed by atoms with Crippen molar-refractivity contribution in [2.24, 2.45) is 5.92 Å². The van der Waals surface area contributed by atoms with Crippen molar-refractivity contribution in [2.75, 3.05) is 29.6 Å². The fourth-order valence-corrected chi connectivity index (χ4v) is 5.16. The van der Waals surface area contributed by atoms with E-state index >= 15 is 0 Å². The van der Waals surface area contributed by atoms with Crippen LogP contribution in [0.5, 0.6) is 0 Å². The van der Waals surface area contributed by atoms with E-state index in [4.69, 9.17) is 21.4 Å². The molecule has 2 aromatic carbocycles. The minimum atomic E-state index is -1.78. The number of fused-ring (bicyclic) bond motifs is 1. The molecule has 11 heteroatoms. The van der Waals surface area contributed by atoms with Crippen molar-refractivity contribution in [3.63, 3.8) is 0 Å². The molecule has 3 aromatic rings. The van der Waals surface area contributed by atoms with Crippen LogP contribution in [0.3, 0.4) is 0 Å². The summed E-state index contributed by atoms with van der Waals surface area (Å²) in [6, 6.07) is 12.5. The molecule has 2 N–H and O–H groups in total. The number of halogens is 1. The van der Waals surface area contributed by atoms with Crippen molar-refractivity contribution in [2.45, 2.75) is 38.5 Å². The molecule has 2 atom stereocenters. The Bertz CT molecular complexity index is 1390. The number of aryl methyl sites for hydroxylation is 1. The summed E-state index contributed by atoms with van der Waals surface area (Å²) >= 11 is 6.29. The number of allylic oxidation sites excluding steroid dienone is 1. The van der Waals surface area contributed by atoms with Gasteiger partial charge in [0.1, 0.15) is 6.61 Å². The molecule has 5 rings (SSSR count). The van der Waals surface area contributed by atoms with Gasteiger partial charge in [0.2, 0.25) is 0 Å². The number of hydrogen-bond donors (Lipinski definition) is 2. The number of rotatable bonds is 10. The molecule has 2 amide bonds. The Hall–Kier alpha value is -3.73. The van der Waals surface area contributed by atoms with Gasteiger partial charge >= 0.3 is 6.09 Å². The van der Waals surface area contributed by atoms with Crippen molar-refractivity contribution in [3.05, 3.63) is 82.7 Å². The molecule has 1 fully saturated rings. The number of anilines is 2. The lowest BCUT2D eigenvalue weighted by Crippen LogP contribution is -2.44. The van der Waals surface area contributed by atoms with E-state index < -0.39 is 17.4 Å². The molecule has 204 valence electrons. The lowest BCUT2D eigenvalue weighted by atomic mass is 9.83. The van der Waals surface area contributed by atoms with Crippen LogP contribution in [0.1, 0.15) is 30.2 Å². The molecule has 10 nitrogen and oxygen atoms in total. The molecule has 0 unspecified atom stereocenters. The molecular weight excluding hydrogens is 522 g/mol. The van der Waals surface area contributed by atoms with E-state index in [9.17, 15) is 14.7 Å². The van der Waals surface area contributed by atoms with Gasteiger partial charge < -0.3 is 19.8 Å². The second kappa shape index (κ2) is 11.2. The number of aromatic nitrogens is 3. The maximum atomic E-state index is 13.8. The van der Waals surface area contributed by atoms with E-state index in [1.807, 2.05) is 36.4 Å². The smallest absolute Gasteiger partial charge is 0.414 e. The summed E-state index contributed by atoms with van der Waals surface area (Å²) < 4.78 is 6.71. The molecule has 2 aliphatic rings. The largest absolute Gasteiger partial charge is 0.447 e. The van der Waals surface area contributed by atoms with E-state index in [1.165, 1.54) is 0 Å². The highest BCUT2D eigenvalue weighted by atomic mass is 35.5. The van der Waals surface area contributed by atoms with Crippen LogP contribution in [0, 0.1) is 5.92 Å². The van der Waals surface area contributed by atoms with Gasteiger partial charge in [-0.1, -0.05) is 48.0 Å². The van der Waals surface area contributed by atoms with Gasteiger partial charge in [-0.05, 0) is 42.3 Å². The summed E-state index contributed by atoms with van der Waals surface area (Å²) in [6.07, 6.45) is 6.25. The molecule has 0 bridgehead atoms. The first-order chi connectivity index (χ1) is 18.8. The highest BCUT2D eigenvalue weighted by Crippen LogP contribution is 2.46. The summed E-state index contributed by atoms with van der Waals surface area (Å²) in [4.78, 5) is 28.8. The molecular formula is C28H30ClN5O5.